The van der Waals surface area contributed by atoms with E-state index in [2.05, 4.69) is 32.1 Å². The third-order valence-corrected chi connectivity index (χ3v) is 11.9. The molecule has 2 aromatic carbocycles. The summed E-state index contributed by atoms with van der Waals surface area (Å²) in [4.78, 5) is 36.6. The van der Waals surface area contributed by atoms with Crippen molar-refractivity contribution in [3.05, 3.63) is 67.5 Å². The minimum Gasteiger partial charge on any atom is -0.455 e. The average Bonchev–Trinajstić information content (AvgIpc) is 3.54. The smallest absolute Gasteiger partial charge is 0.247 e. The highest BCUT2D eigenvalue weighted by Crippen LogP contribution is 2.61. The van der Waals surface area contributed by atoms with Crippen LogP contribution in [0.4, 0.5) is 11.5 Å². The summed E-state index contributed by atoms with van der Waals surface area (Å²) in [5.74, 6) is 3.91. The number of ether oxygens (including phenoxy) is 2. The number of nitrogens with one attached hydrogen (secondary N) is 2. The van der Waals surface area contributed by atoms with E-state index in [1.807, 2.05) is 53.2 Å². The topological polar surface area (TPSA) is 150 Å². The van der Waals surface area contributed by atoms with Crippen LogP contribution in [0.3, 0.4) is 0 Å². The lowest BCUT2D eigenvalue weighted by molar-refractivity contribution is -0.129. The standard InChI is InChI=1S/C41H50N8O4/c1-2-35(50)46-33-21-30(8-9-34(33)53-32-6-4-3-5-7-32)38-37-39(42)44-26-45-40(37)49(47-38)31-10-13-48(14-11-31)15-17-52-16-12-43-36(51)25-41-22-27-18-28(23-41)20-29(19-27)24-41/h2-9,21,26-29,31H,1,10-20,22-25H2,(H,43,51)(H,46,50)(H2,42,44,45). The Morgan fingerprint density at radius 1 is 0.981 bits per heavy atom. The van der Waals surface area contributed by atoms with Crippen LogP contribution >= 0.6 is 0 Å². The van der Waals surface area contributed by atoms with Crippen molar-refractivity contribution in [2.75, 3.05) is 50.4 Å². The Hall–Kier alpha value is -4.81. The van der Waals surface area contributed by atoms with E-state index in [0.29, 0.717) is 65.9 Å². The fourth-order valence-corrected chi connectivity index (χ4v) is 9.97. The maximum atomic E-state index is 12.9. The number of carbonyl (C=O) groups is 2. The molecule has 4 bridgehead atoms. The van der Waals surface area contributed by atoms with Gasteiger partial charge in [-0.05, 0) is 111 Å². The number of aromatic nitrogens is 4. The summed E-state index contributed by atoms with van der Waals surface area (Å²) in [6.07, 6.45) is 13.2. The number of piperidine rings is 1. The van der Waals surface area contributed by atoms with Crippen LogP contribution in [0.15, 0.2) is 67.5 Å². The molecule has 2 amide bonds. The number of hydrogen-bond donors (Lipinski definition) is 3. The van der Waals surface area contributed by atoms with Crippen molar-refractivity contribution in [3.63, 3.8) is 0 Å². The van der Waals surface area contributed by atoms with E-state index in [1.165, 1.54) is 50.9 Å². The number of anilines is 2. The molecule has 12 nitrogen and oxygen atoms in total. The molecule has 4 saturated carbocycles. The Kier molecular flexibility index (Phi) is 10.2. The minimum absolute atomic E-state index is 0.127. The molecule has 1 saturated heterocycles. The van der Waals surface area contributed by atoms with E-state index in [9.17, 15) is 9.59 Å². The van der Waals surface area contributed by atoms with Gasteiger partial charge in [-0.25, -0.2) is 14.6 Å². The van der Waals surface area contributed by atoms with Crippen molar-refractivity contribution in [1.82, 2.24) is 30.0 Å². The summed E-state index contributed by atoms with van der Waals surface area (Å²) in [5, 5.41) is 11.8. The number of para-hydroxylation sites is 1. The summed E-state index contributed by atoms with van der Waals surface area (Å²) in [6.45, 7) is 7.96. The molecule has 1 aliphatic heterocycles. The van der Waals surface area contributed by atoms with Crippen molar-refractivity contribution in [2.24, 2.45) is 23.2 Å². The third kappa shape index (κ3) is 7.79. The zero-order valence-corrected chi connectivity index (χ0v) is 30.3. The number of amides is 2. The highest BCUT2D eigenvalue weighted by atomic mass is 16.5. The van der Waals surface area contributed by atoms with E-state index >= 15 is 0 Å². The minimum atomic E-state index is -0.357. The van der Waals surface area contributed by atoms with Crippen molar-refractivity contribution in [2.45, 2.75) is 63.8 Å². The SMILES string of the molecule is C=CC(=O)Nc1cc(-c2nn(C3CCN(CCOCCNC(=O)CC45CC6CC(CC(C6)C4)C5)CC3)c3ncnc(N)c23)ccc1Oc1ccccc1. The summed E-state index contributed by atoms with van der Waals surface area (Å²) in [5.41, 5.74) is 9.26. The van der Waals surface area contributed by atoms with Crippen LogP contribution < -0.4 is 21.1 Å². The summed E-state index contributed by atoms with van der Waals surface area (Å²) in [6, 6.07) is 15.1. The van der Waals surface area contributed by atoms with Gasteiger partial charge < -0.3 is 30.7 Å². The summed E-state index contributed by atoms with van der Waals surface area (Å²) < 4.78 is 14.0. The molecule has 12 heteroatoms. The van der Waals surface area contributed by atoms with E-state index < -0.39 is 0 Å². The molecule has 5 aliphatic rings. The highest BCUT2D eigenvalue weighted by molar-refractivity contribution is 6.02. The van der Waals surface area contributed by atoms with Crippen LogP contribution in [-0.2, 0) is 14.3 Å². The largest absolute Gasteiger partial charge is 0.455 e. The van der Waals surface area contributed by atoms with Crippen LogP contribution in [0.25, 0.3) is 22.3 Å². The van der Waals surface area contributed by atoms with Crippen LogP contribution in [0, 0.1) is 23.2 Å². The van der Waals surface area contributed by atoms with Gasteiger partial charge in [-0.3, -0.25) is 9.59 Å². The van der Waals surface area contributed by atoms with Gasteiger partial charge >= 0.3 is 0 Å². The average molecular weight is 719 g/mol. The Labute approximate surface area is 310 Å². The lowest BCUT2D eigenvalue weighted by atomic mass is 9.49. The monoisotopic (exact) mass is 718 g/mol. The molecule has 5 fully saturated rings. The number of hydrogen-bond acceptors (Lipinski definition) is 9. The van der Waals surface area contributed by atoms with Crippen LogP contribution in [0.1, 0.15) is 63.8 Å². The maximum Gasteiger partial charge on any atom is 0.247 e. The fourth-order valence-electron chi connectivity index (χ4n) is 9.97. The van der Waals surface area contributed by atoms with Crippen molar-refractivity contribution in [3.8, 4) is 22.8 Å². The molecule has 53 heavy (non-hydrogen) atoms. The first-order valence-electron chi connectivity index (χ1n) is 19.2. The molecule has 0 radical (unpaired) electrons. The lowest BCUT2D eigenvalue weighted by Crippen LogP contribution is -2.48. The number of nitrogens with zero attached hydrogens (tertiary/aromatic N) is 5. The van der Waals surface area contributed by atoms with Gasteiger partial charge in [0.2, 0.25) is 11.8 Å². The van der Waals surface area contributed by atoms with E-state index in [1.54, 1.807) is 0 Å². The zero-order valence-electron chi connectivity index (χ0n) is 30.3. The number of likely N-dealkylation sites (tertiary alicyclic amines) is 1. The number of benzene rings is 2. The quantitative estimate of drug-likeness (QED) is 0.0999. The van der Waals surface area contributed by atoms with Gasteiger partial charge in [0.05, 0.1) is 30.3 Å². The second-order valence-electron chi connectivity index (χ2n) is 15.7. The highest BCUT2D eigenvalue weighted by Gasteiger charge is 2.51. The van der Waals surface area contributed by atoms with E-state index in [4.69, 9.17) is 20.3 Å². The maximum absolute atomic E-state index is 12.9. The van der Waals surface area contributed by atoms with Gasteiger partial charge in [0, 0.05) is 38.2 Å². The first kappa shape index (κ1) is 35.2. The molecule has 2 aromatic heterocycles. The van der Waals surface area contributed by atoms with Crippen LogP contribution in [0.5, 0.6) is 11.5 Å². The van der Waals surface area contributed by atoms with Crippen molar-refractivity contribution < 1.29 is 19.1 Å². The second-order valence-corrected chi connectivity index (χ2v) is 15.7. The van der Waals surface area contributed by atoms with Gasteiger partial charge in [-0.1, -0.05) is 24.8 Å². The molecule has 9 rings (SSSR count). The van der Waals surface area contributed by atoms with E-state index in [0.717, 1.165) is 55.8 Å². The Morgan fingerprint density at radius 2 is 1.72 bits per heavy atom. The lowest BCUT2D eigenvalue weighted by Gasteiger charge is -2.56. The normalized spacial score (nSPS) is 24.0. The predicted molar refractivity (Wildman–Crippen MR) is 204 cm³/mol. The molecule has 4 aliphatic carbocycles. The number of fused-ring (bicyclic) bond motifs is 1. The number of nitrogen functional groups attached to an aromatic ring is 1. The Balaban J connectivity index is 0.855. The predicted octanol–water partition coefficient (Wildman–Crippen LogP) is 6.37. The molecule has 0 unspecified atom stereocenters. The number of rotatable bonds is 14. The fraction of sp³-hybridized carbons (Fsp3) is 0.488. The molecule has 0 atom stereocenters. The van der Waals surface area contributed by atoms with Crippen LogP contribution in [-0.4, -0.2) is 75.9 Å². The molecular weight excluding hydrogens is 669 g/mol. The van der Waals surface area contributed by atoms with Crippen LogP contribution in [0.2, 0.25) is 0 Å². The first-order chi connectivity index (χ1) is 25.8. The summed E-state index contributed by atoms with van der Waals surface area (Å²) in [7, 11) is 0. The van der Waals surface area contributed by atoms with Gasteiger partial charge in [-0.15, -0.1) is 0 Å². The number of carbonyl (C=O) groups excluding carboxylic acids is 2. The zero-order chi connectivity index (χ0) is 36.4. The summed E-state index contributed by atoms with van der Waals surface area (Å²) >= 11 is 0. The second kappa shape index (κ2) is 15.3. The van der Waals surface area contributed by atoms with Gasteiger partial charge in [0.25, 0.3) is 0 Å². The first-order valence-corrected chi connectivity index (χ1v) is 19.2. The third-order valence-electron chi connectivity index (χ3n) is 11.9. The van der Waals surface area contributed by atoms with Gasteiger partial charge in [0.15, 0.2) is 11.4 Å². The molecule has 3 heterocycles. The Morgan fingerprint density at radius 3 is 2.43 bits per heavy atom. The molecule has 0 spiro atoms. The molecule has 4 aromatic rings. The molecule has 278 valence electrons. The van der Waals surface area contributed by atoms with Crippen molar-refractivity contribution >= 4 is 34.4 Å². The molecule has 4 N–H and O–H groups in total. The molecular formula is C41H50N8O4. The van der Waals surface area contributed by atoms with E-state index in [-0.39, 0.29) is 23.3 Å². The van der Waals surface area contributed by atoms with Gasteiger partial charge in [-0.2, -0.15) is 5.10 Å². The Bertz CT molecular complexity index is 1920. The number of nitrogens with two attached hydrogens (primary N) is 1. The van der Waals surface area contributed by atoms with Gasteiger partial charge in [0.1, 0.15) is 23.6 Å². The van der Waals surface area contributed by atoms with Crippen molar-refractivity contribution in [1.29, 1.82) is 0 Å².